The van der Waals surface area contributed by atoms with Gasteiger partial charge in [0.2, 0.25) is 0 Å². The fraction of sp³-hybridized carbons (Fsp3) is 0.231. The summed E-state index contributed by atoms with van der Waals surface area (Å²) >= 11 is 0. The number of aryl methyl sites for hydroxylation is 4. The molecule has 0 N–H and O–H groups in total. The number of nitrogens with zero attached hydrogens (tertiary/aromatic N) is 4. The first kappa shape index (κ1) is 30.9. The highest BCUT2D eigenvalue weighted by atomic mass is 16.5. The molecule has 4 aromatic carbocycles. The number of ether oxygens (including phenoxy) is 2. The van der Waals surface area contributed by atoms with Crippen molar-refractivity contribution in [2.75, 3.05) is 13.7 Å². The number of rotatable bonds is 8. The average molecular weight is 641 g/mol. The molecule has 0 fully saturated rings. The van der Waals surface area contributed by atoms with Gasteiger partial charge in [-0.05, 0) is 73.7 Å². The number of benzene rings is 4. The van der Waals surface area contributed by atoms with Crippen molar-refractivity contribution in [1.29, 1.82) is 0 Å². The van der Waals surface area contributed by atoms with Crippen LogP contribution in [0.5, 0.6) is 11.5 Å². The molecule has 9 heteroatoms. The van der Waals surface area contributed by atoms with Crippen molar-refractivity contribution < 1.29 is 19.1 Å². The third-order valence-corrected chi connectivity index (χ3v) is 9.09. The molecule has 2 aliphatic rings. The van der Waals surface area contributed by atoms with Gasteiger partial charge < -0.3 is 9.47 Å². The first-order valence-corrected chi connectivity index (χ1v) is 16.0. The van der Waals surface area contributed by atoms with E-state index < -0.39 is 0 Å². The number of carbonyl (C=O) groups excluding carboxylic acids is 2. The predicted molar refractivity (Wildman–Crippen MR) is 183 cm³/mol. The number of carbonyl (C=O) groups is 2. The van der Waals surface area contributed by atoms with Crippen LogP contribution in [0.25, 0.3) is 11.3 Å². The minimum atomic E-state index is -0.357. The highest BCUT2D eigenvalue weighted by Crippen LogP contribution is 2.38. The molecule has 5 aromatic rings. The maximum absolute atomic E-state index is 14.3. The van der Waals surface area contributed by atoms with E-state index in [0.717, 1.165) is 39.1 Å². The normalized spacial score (nSPS) is 13.8. The van der Waals surface area contributed by atoms with Gasteiger partial charge in [0.1, 0.15) is 12.1 Å². The van der Waals surface area contributed by atoms with Crippen molar-refractivity contribution in [1.82, 2.24) is 14.0 Å². The van der Waals surface area contributed by atoms with Gasteiger partial charge in [-0.25, -0.2) is 9.79 Å². The monoisotopic (exact) mass is 640 g/mol. The largest absolute Gasteiger partial charge is 0.493 e. The lowest BCUT2D eigenvalue weighted by atomic mass is 9.97. The van der Waals surface area contributed by atoms with E-state index in [1.54, 1.807) is 40.5 Å². The van der Waals surface area contributed by atoms with Gasteiger partial charge in [0.15, 0.2) is 11.5 Å². The highest BCUT2D eigenvalue weighted by molar-refractivity contribution is 6.21. The molecule has 0 bridgehead atoms. The molecule has 0 aliphatic carbocycles. The van der Waals surface area contributed by atoms with Crippen LogP contribution < -0.4 is 20.7 Å². The number of hydrogen-bond donors (Lipinski definition) is 0. The molecule has 0 unspecified atom stereocenters. The Morgan fingerprint density at radius 2 is 1.42 bits per heavy atom. The third-order valence-electron chi connectivity index (χ3n) is 9.09. The van der Waals surface area contributed by atoms with Crippen molar-refractivity contribution >= 4 is 17.5 Å². The third kappa shape index (κ3) is 5.51. The molecule has 0 radical (unpaired) electrons. The minimum absolute atomic E-state index is 0.0342. The number of aromatic nitrogens is 2. The summed E-state index contributed by atoms with van der Waals surface area (Å²) in [4.78, 5) is 47.0. The van der Waals surface area contributed by atoms with Crippen molar-refractivity contribution in [3.8, 4) is 22.8 Å². The molecular formula is C39H36N4O5. The summed E-state index contributed by atoms with van der Waals surface area (Å²) in [6.45, 7) is 7.02. The quantitative estimate of drug-likeness (QED) is 0.197. The van der Waals surface area contributed by atoms with Gasteiger partial charge in [0.05, 0.1) is 29.6 Å². The van der Waals surface area contributed by atoms with Gasteiger partial charge in [-0.15, -0.1) is 0 Å². The van der Waals surface area contributed by atoms with Crippen molar-refractivity contribution in [2.24, 2.45) is 4.99 Å². The van der Waals surface area contributed by atoms with Crippen molar-refractivity contribution in [3.05, 3.63) is 140 Å². The Balaban J connectivity index is 1.32. The van der Waals surface area contributed by atoms with E-state index in [1.165, 1.54) is 4.90 Å². The zero-order chi connectivity index (χ0) is 33.5. The van der Waals surface area contributed by atoms with Crippen LogP contribution in [0.2, 0.25) is 0 Å². The van der Waals surface area contributed by atoms with Gasteiger partial charge in [0, 0.05) is 31.3 Å². The molecule has 0 saturated carbocycles. The molecule has 0 spiro atoms. The zero-order valence-corrected chi connectivity index (χ0v) is 27.4. The SMILES string of the molecule is COc1cc2c(cc1OCc1ccccc1)CCn1c-2cc(=Nc2c(C)cc(C)cc2C)n(CCN2C(=O)c3ccccc3C2=O)c1=O. The maximum atomic E-state index is 14.3. The summed E-state index contributed by atoms with van der Waals surface area (Å²) in [5, 5.41) is 0. The van der Waals surface area contributed by atoms with Gasteiger partial charge in [-0.1, -0.05) is 60.2 Å². The number of hydrogen-bond acceptors (Lipinski definition) is 6. The van der Waals surface area contributed by atoms with Crippen LogP contribution in [0, 0.1) is 20.8 Å². The number of imide groups is 1. The van der Waals surface area contributed by atoms with Gasteiger partial charge in [-0.2, -0.15) is 0 Å². The topological polar surface area (TPSA) is 95.1 Å². The molecule has 242 valence electrons. The molecule has 7 rings (SSSR count). The van der Waals surface area contributed by atoms with Crippen LogP contribution in [0.15, 0.2) is 94.7 Å². The van der Waals surface area contributed by atoms with E-state index in [-0.39, 0.29) is 30.6 Å². The van der Waals surface area contributed by atoms with Gasteiger partial charge in [-0.3, -0.25) is 23.6 Å². The van der Waals surface area contributed by atoms with Gasteiger partial charge >= 0.3 is 5.69 Å². The molecule has 2 aliphatic heterocycles. The highest BCUT2D eigenvalue weighted by Gasteiger charge is 2.35. The second kappa shape index (κ2) is 12.5. The van der Waals surface area contributed by atoms with E-state index in [1.807, 2.05) is 69.3 Å². The molecular weight excluding hydrogens is 604 g/mol. The molecule has 1 aromatic heterocycles. The summed E-state index contributed by atoms with van der Waals surface area (Å²) in [5.74, 6) is 0.490. The number of amides is 2. The van der Waals surface area contributed by atoms with Crippen molar-refractivity contribution in [3.63, 3.8) is 0 Å². The number of fused-ring (bicyclic) bond motifs is 4. The minimum Gasteiger partial charge on any atom is -0.493 e. The zero-order valence-electron chi connectivity index (χ0n) is 27.4. The summed E-state index contributed by atoms with van der Waals surface area (Å²) < 4.78 is 15.3. The Morgan fingerprint density at radius 1 is 0.750 bits per heavy atom. The Hall–Kier alpha value is -5.70. The van der Waals surface area contributed by atoms with Gasteiger partial charge in [0.25, 0.3) is 11.8 Å². The lowest BCUT2D eigenvalue weighted by Crippen LogP contribution is -2.45. The number of methoxy groups -OCH3 is 1. The Bertz CT molecular complexity index is 2170. The molecule has 3 heterocycles. The Morgan fingerprint density at radius 3 is 2.08 bits per heavy atom. The van der Waals surface area contributed by atoms with Crippen molar-refractivity contribution in [2.45, 2.75) is 46.9 Å². The smallest absolute Gasteiger partial charge is 0.330 e. The molecule has 9 nitrogen and oxygen atoms in total. The molecule has 0 atom stereocenters. The van der Waals surface area contributed by atoms with Crippen LogP contribution in [-0.2, 0) is 26.1 Å². The van der Waals surface area contributed by atoms with Crippen LogP contribution in [-0.4, -0.2) is 39.5 Å². The maximum Gasteiger partial charge on any atom is 0.330 e. The van der Waals surface area contributed by atoms with Crippen LogP contribution in [0.3, 0.4) is 0 Å². The summed E-state index contributed by atoms with van der Waals surface area (Å²) in [7, 11) is 1.61. The lowest BCUT2D eigenvalue weighted by molar-refractivity contribution is 0.0647. The second-order valence-electron chi connectivity index (χ2n) is 12.3. The fourth-order valence-corrected chi connectivity index (χ4v) is 6.76. The van der Waals surface area contributed by atoms with Crippen LogP contribution in [0.4, 0.5) is 5.69 Å². The fourth-order valence-electron chi connectivity index (χ4n) is 6.76. The molecule has 0 saturated heterocycles. The van der Waals surface area contributed by atoms with E-state index in [2.05, 4.69) is 12.1 Å². The molecule has 2 amide bonds. The van der Waals surface area contributed by atoms with E-state index in [0.29, 0.717) is 53.4 Å². The first-order valence-electron chi connectivity index (χ1n) is 16.0. The van der Waals surface area contributed by atoms with E-state index in [4.69, 9.17) is 14.5 Å². The lowest BCUT2D eigenvalue weighted by Gasteiger charge is -2.25. The Labute approximate surface area is 278 Å². The predicted octanol–water partition coefficient (Wildman–Crippen LogP) is 5.91. The van der Waals surface area contributed by atoms with E-state index in [9.17, 15) is 14.4 Å². The standard InChI is InChI=1S/C39H36N4O5/c1-24-18-25(2)36(26(3)19-24)40-35-22-32-31-21-33(47-4)34(48-23-27-10-6-5-7-11-27)20-28(31)14-15-41(32)39(46)42(35)16-17-43-37(44)29-12-8-9-13-30(29)38(43)45/h5-13,18-22H,14-17,23H2,1-4H3. The first-order chi connectivity index (χ1) is 23.2. The Kier molecular flexibility index (Phi) is 8.04. The van der Waals surface area contributed by atoms with Crippen LogP contribution >= 0.6 is 0 Å². The average Bonchev–Trinajstić information content (AvgIpc) is 3.33. The van der Waals surface area contributed by atoms with Crippen LogP contribution in [0.1, 0.15) is 48.5 Å². The second-order valence-corrected chi connectivity index (χ2v) is 12.3. The van der Waals surface area contributed by atoms with E-state index >= 15 is 0 Å². The summed E-state index contributed by atoms with van der Waals surface area (Å²) in [6.07, 6.45) is 0.610. The summed E-state index contributed by atoms with van der Waals surface area (Å²) in [5.41, 5.74) is 8.47. The molecule has 48 heavy (non-hydrogen) atoms. The summed E-state index contributed by atoms with van der Waals surface area (Å²) in [6, 6.07) is 26.7.